The molecule has 0 saturated heterocycles. The number of methoxy groups -OCH3 is 1. The van der Waals surface area contributed by atoms with E-state index in [2.05, 4.69) is 13.8 Å². The van der Waals surface area contributed by atoms with Crippen molar-refractivity contribution < 1.29 is 9.13 Å². The lowest BCUT2D eigenvalue weighted by Crippen LogP contribution is -2.13. The van der Waals surface area contributed by atoms with Crippen molar-refractivity contribution in [1.29, 1.82) is 0 Å². The zero-order valence-electron chi connectivity index (χ0n) is 10.2. The summed E-state index contributed by atoms with van der Waals surface area (Å²) >= 11 is 0. The van der Waals surface area contributed by atoms with Crippen LogP contribution >= 0.6 is 0 Å². The monoisotopic (exact) mass is 225 g/mol. The van der Waals surface area contributed by atoms with Gasteiger partial charge in [0.05, 0.1) is 7.11 Å². The van der Waals surface area contributed by atoms with Crippen molar-refractivity contribution in [3.8, 4) is 5.75 Å². The van der Waals surface area contributed by atoms with Gasteiger partial charge in [0.2, 0.25) is 0 Å². The van der Waals surface area contributed by atoms with Crippen LogP contribution in [0.15, 0.2) is 18.2 Å². The highest BCUT2D eigenvalue weighted by Gasteiger charge is 2.16. The third-order valence-corrected chi connectivity index (χ3v) is 2.89. The van der Waals surface area contributed by atoms with Crippen LogP contribution in [0, 0.1) is 11.7 Å². The van der Waals surface area contributed by atoms with Gasteiger partial charge in [0.15, 0.2) is 11.6 Å². The molecule has 0 fully saturated rings. The summed E-state index contributed by atoms with van der Waals surface area (Å²) in [5.74, 6) is 0.753. The number of hydrogen-bond donors (Lipinski definition) is 1. The molecule has 2 nitrogen and oxygen atoms in total. The van der Waals surface area contributed by atoms with Crippen molar-refractivity contribution in [3.63, 3.8) is 0 Å². The molecule has 2 N–H and O–H groups in total. The summed E-state index contributed by atoms with van der Waals surface area (Å²) in [6, 6.07) is 5.15. The molecule has 1 unspecified atom stereocenters. The van der Waals surface area contributed by atoms with Crippen molar-refractivity contribution in [3.05, 3.63) is 29.6 Å². The van der Waals surface area contributed by atoms with Crippen LogP contribution in [0.1, 0.15) is 31.7 Å². The standard InChI is InChI=1S/C13H20FNO/c1-9(2)11(6-7-15)10-4-5-13(16-3)12(14)8-10/h4-5,8-9,11H,6-7,15H2,1-3H3. The van der Waals surface area contributed by atoms with E-state index in [-0.39, 0.29) is 5.82 Å². The normalized spacial score (nSPS) is 12.9. The van der Waals surface area contributed by atoms with Crippen LogP contribution < -0.4 is 10.5 Å². The Labute approximate surface area is 96.6 Å². The van der Waals surface area contributed by atoms with Crippen LogP contribution in [0.3, 0.4) is 0 Å². The lowest BCUT2D eigenvalue weighted by molar-refractivity contribution is 0.384. The van der Waals surface area contributed by atoms with Gasteiger partial charge >= 0.3 is 0 Å². The molecule has 1 aromatic rings. The van der Waals surface area contributed by atoms with Crippen LogP contribution in [-0.2, 0) is 0 Å². The second-order valence-corrected chi connectivity index (χ2v) is 4.32. The van der Waals surface area contributed by atoms with Crippen LogP contribution in [0.4, 0.5) is 4.39 Å². The first-order valence-electron chi connectivity index (χ1n) is 5.63. The zero-order valence-corrected chi connectivity index (χ0v) is 10.2. The van der Waals surface area contributed by atoms with Crippen molar-refractivity contribution in [2.75, 3.05) is 13.7 Å². The minimum atomic E-state index is -0.303. The summed E-state index contributed by atoms with van der Waals surface area (Å²) in [6.07, 6.45) is 0.878. The molecule has 0 aromatic heterocycles. The maximum atomic E-state index is 13.6. The summed E-state index contributed by atoms with van der Waals surface area (Å²) < 4.78 is 18.5. The van der Waals surface area contributed by atoms with Crippen molar-refractivity contribution in [1.82, 2.24) is 0 Å². The first-order chi connectivity index (χ1) is 7.60. The third kappa shape index (κ3) is 2.95. The van der Waals surface area contributed by atoms with Gasteiger partial charge in [-0.2, -0.15) is 0 Å². The van der Waals surface area contributed by atoms with Gasteiger partial charge in [-0.1, -0.05) is 19.9 Å². The van der Waals surface area contributed by atoms with Gasteiger partial charge in [-0.25, -0.2) is 4.39 Å². The third-order valence-electron chi connectivity index (χ3n) is 2.89. The van der Waals surface area contributed by atoms with E-state index in [0.717, 1.165) is 12.0 Å². The smallest absolute Gasteiger partial charge is 0.165 e. The maximum Gasteiger partial charge on any atom is 0.165 e. The summed E-state index contributed by atoms with van der Waals surface area (Å²) in [6.45, 7) is 4.88. The summed E-state index contributed by atoms with van der Waals surface area (Å²) in [5, 5.41) is 0. The molecule has 0 heterocycles. The van der Waals surface area contributed by atoms with E-state index in [1.165, 1.54) is 7.11 Å². The van der Waals surface area contributed by atoms with Crippen LogP contribution in [0.2, 0.25) is 0 Å². The predicted octanol–water partition coefficient (Wildman–Crippen LogP) is 2.92. The van der Waals surface area contributed by atoms with Gasteiger partial charge in [0, 0.05) is 0 Å². The van der Waals surface area contributed by atoms with E-state index in [9.17, 15) is 4.39 Å². The molecule has 0 aliphatic carbocycles. The SMILES string of the molecule is COc1ccc(C(CCN)C(C)C)cc1F. The molecule has 0 aliphatic heterocycles. The molecule has 1 atom stereocenters. The fourth-order valence-corrected chi connectivity index (χ4v) is 1.98. The Balaban J connectivity index is 2.97. The second kappa shape index (κ2) is 5.85. The molecule has 0 aliphatic rings. The molecule has 0 saturated carbocycles. The summed E-state index contributed by atoms with van der Waals surface area (Å²) in [7, 11) is 1.47. The van der Waals surface area contributed by atoms with Crippen LogP contribution in [0.5, 0.6) is 5.75 Å². The van der Waals surface area contributed by atoms with Crippen LogP contribution in [-0.4, -0.2) is 13.7 Å². The topological polar surface area (TPSA) is 35.2 Å². The molecule has 90 valence electrons. The minimum Gasteiger partial charge on any atom is -0.494 e. The first kappa shape index (κ1) is 13.0. The van der Waals surface area contributed by atoms with Gasteiger partial charge in [0.25, 0.3) is 0 Å². The highest BCUT2D eigenvalue weighted by atomic mass is 19.1. The molecule has 1 rings (SSSR count). The van der Waals surface area contributed by atoms with Crippen molar-refractivity contribution in [2.45, 2.75) is 26.2 Å². The number of hydrogen-bond acceptors (Lipinski definition) is 2. The van der Waals surface area contributed by atoms with Gasteiger partial charge in [-0.15, -0.1) is 0 Å². The molecule has 0 amide bonds. The molecule has 3 heteroatoms. The number of halogens is 1. The van der Waals surface area contributed by atoms with E-state index in [0.29, 0.717) is 24.1 Å². The Bertz CT molecular complexity index is 339. The molecule has 16 heavy (non-hydrogen) atoms. The Morgan fingerprint density at radius 2 is 2.06 bits per heavy atom. The van der Waals surface area contributed by atoms with E-state index < -0.39 is 0 Å². The number of ether oxygens (including phenoxy) is 1. The average Bonchev–Trinajstić information content (AvgIpc) is 2.25. The molecular weight excluding hydrogens is 205 g/mol. The van der Waals surface area contributed by atoms with E-state index in [1.807, 2.05) is 6.07 Å². The molecular formula is C13H20FNO. The molecule has 0 spiro atoms. The van der Waals surface area contributed by atoms with Gasteiger partial charge in [-0.3, -0.25) is 0 Å². The Kier molecular flexibility index (Phi) is 4.74. The number of benzene rings is 1. The minimum absolute atomic E-state index is 0.291. The first-order valence-corrected chi connectivity index (χ1v) is 5.63. The summed E-state index contributed by atoms with van der Waals surface area (Å²) in [4.78, 5) is 0. The van der Waals surface area contributed by atoms with Gasteiger partial charge in [-0.05, 0) is 42.5 Å². The van der Waals surface area contributed by atoms with E-state index in [1.54, 1.807) is 12.1 Å². The van der Waals surface area contributed by atoms with E-state index in [4.69, 9.17) is 10.5 Å². The van der Waals surface area contributed by atoms with Crippen molar-refractivity contribution >= 4 is 0 Å². The fraction of sp³-hybridized carbons (Fsp3) is 0.538. The zero-order chi connectivity index (χ0) is 12.1. The van der Waals surface area contributed by atoms with Crippen molar-refractivity contribution in [2.24, 2.45) is 11.7 Å². The second-order valence-electron chi connectivity index (χ2n) is 4.32. The average molecular weight is 225 g/mol. The quantitative estimate of drug-likeness (QED) is 0.836. The number of nitrogens with two attached hydrogens (primary N) is 1. The lowest BCUT2D eigenvalue weighted by Gasteiger charge is -2.21. The number of rotatable bonds is 5. The van der Waals surface area contributed by atoms with E-state index >= 15 is 0 Å². The lowest BCUT2D eigenvalue weighted by atomic mass is 9.86. The molecule has 0 radical (unpaired) electrons. The fourth-order valence-electron chi connectivity index (χ4n) is 1.98. The Hall–Kier alpha value is -1.09. The highest BCUT2D eigenvalue weighted by molar-refractivity contribution is 5.31. The maximum absolute atomic E-state index is 13.6. The van der Waals surface area contributed by atoms with Gasteiger partial charge in [0.1, 0.15) is 0 Å². The highest BCUT2D eigenvalue weighted by Crippen LogP contribution is 2.30. The molecule has 0 bridgehead atoms. The predicted molar refractivity (Wildman–Crippen MR) is 64.2 cm³/mol. The Morgan fingerprint density at radius 1 is 1.38 bits per heavy atom. The summed E-state index contributed by atoms with van der Waals surface area (Å²) in [5.41, 5.74) is 6.58. The van der Waals surface area contributed by atoms with Gasteiger partial charge < -0.3 is 10.5 Å². The Morgan fingerprint density at radius 3 is 2.50 bits per heavy atom. The largest absolute Gasteiger partial charge is 0.494 e. The van der Waals surface area contributed by atoms with Crippen LogP contribution in [0.25, 0.3) is 0 Å². The molecule has 1 aromatic carbocycles.